The number of aromatic nitrogens is 1. The third-order valence-corrected chi connectivity index (χ3v) is 5.31. The third kappa shape index (κ3) is 6.75. The number of rotatable bonds is 8. The van der Waals surface area contributed by atoms with Gasteiger partial charge in [-0.2, -0.15) is 0 Å². The van der Waals surface area contributed by atoms with Crippen LogP contribution < -0.4 is 15.5 Å². The molecule has 0 aromatic carbocycles. The molecule has 0 saturated heterocycles. The molecule has 0 aliphatic carbocycles. The SMILES string of the molecule is CCc1ccc(CNC(=NC)NCc2ccc(N(CC)CC)nc2)s1.I. The van der Waals surface area contributed by atoms with Crippen molar-refractivity contribution < 1.29 is 0 Å². The summed E-state index contributed by atoms with van der Waals surface area (Å²) in [5.41, 5.74) is 1.14. The van der Waals surface area contributed by atoms with E-state index in [9.17, 15) is 0 Å². The lowest BCUT2D eigenvalue weighted by molar-refractivity contribution is 0.808. The van der Waals surface area contributed by atoms with Gasteiger partial charge in [0.1, 0.15) is 5.82 Å². The first kappa shape index (κ1) is 22.7. The first-order valence-corrected chi connectivity index (χ1v) is 9.73. The predicted molar refractivity (Wildman–Crippen MR) is 124 cm³/mol. The zero-order valence-corrected chi connectivity index (χ0v) is 19.2. The van der Waals surface area contributed by atoms with Crippen LogP contribution in [0.2, 0.25) is 0 Å². The highest BCUT2D eigenvalue weighted by atomic mass is 127. The molecule has 144 valence electrons. The summed E-state index contributed by atoms with van der Waals surface area (Å²) in [6.07, 6.45) is 3.02. The van der Waals surface area contributed by atoms with Crippen molar-refractivity contribution in [1.29, 1.82) is 0 Å². The Morgan fingerprint density at radius 3 is 2.27 bits per heavy atom. The van der Waals surface area contributed by atoms with Crippen LogP contribution in [-0.4, -0.2) is 31.1 Å². The van der Waals surface area contributed by atoms with Gasteiger partial charge in [-0.1, -0.05) is 13.0 Å². The van der Waals surface area contributed by atoms with Crippen LogP contribution in [0.15, 0.2) is 35.5 Å². The Labute approximate surface area is 178 Å². The molecule has 0 bridgehead atoms. The standard InChI is InChI=1S/C19H29N5S.HI/c1-5-16-9-10-17(25-16)14-23-19(20-4)22-13-15-8-11-18(21-12-15)24(6-2)7-3;/h8-12H,5-7,13-14H2,1-4H3,(H2,20,22,23);1H. The number of hydrogen-bond donors (Lipinski definition) is 2. The average molecular weight is 487 g/mol. The summed E-state index contributed by atoms with van der Waals surface area (Å²) in [6, 6.07) is 8.58. The van der Waals surface area contributed by atoms with E-state index >= 15 is 0 Å². The monoisotopic (exact) mass is 487 g/mol. The molecule has 2 heterocycles. The summed E-state index contributed by atoms with van der Waals surface area (Å²) in [4.78, 5) is 13.8. The summed E-state index contributed by atoms with van der Waals surface area (Å²) in [7, 11) is 1.79. The predicted octanol–water partition coefficient (Wildman–Crippen LogP) is 4.03. The molecule has 7 heteroatoms. The first-order valence-electron chi connectivity index (χ1n) is 8.92. The molecule has 26 heavy (non-hydrogen) atoms. The van der Waals surface area contributed by atoms with E-state index < -0.39 is 0 Å². The molecule has 2 aromatic heterocycles. The second-order valence-corrected chi connectivity index (χ2v) is 6.95. The second-order valence-electron chi connectivity index (χ2n) is 5.70. The average Bonchev–Trinajstić information content (AvgIpc) is 3.12. The fourth-order valence-corrected chi connectivity index (χ4v) is 3.44. The normalized spacial score (nSPS) is 11.0. The Bertz CT molecular complexity index is 665. The van der Waals surface area contributed by atoms with E-state index in [0.717, 1.165) is 43.4 Å². The number of guanidine groups is 1. The highest BCUT2D eigenvalue weighted by Crippen LogP contribution is 2.16. The van der Waals surface area contributed by atoms with Crippen LogP contribution in [0, 0.1) is 0 Å². The fourth-order valence-electron chi connectivity index (χ4n) is 2.54. The van der Waals surface area contributed by atoms with Gasteiger partial charge in [0.25, 0.3) is 0 Å². The number of nitrogens with one attached hydrogen (secondary N) is 2. The van der Waals surface area contributed by atoms with Gasteiger partial charge < -0.3 is 15.5 Å². The Morgan fingerprint density at radius 1 is 1.04 bits per heavy atom. The minimum Gasteiger partial charge on any atom is -0.357 e. The van der Waals surface area contributed by atoms with Crippen LogP contribution in [-0.2, 0) is 19.5 Å². The van der Waals surface area contributed by atoms with E-state index in [1.54, 1.807) is 7.05 Å². The minimum absolute atomic E-state index is 0. The van der Waals surface area contributed by atoms with Crippen molar-refractivity contribution in [3.8, 4) is 0 Å². The molecular formula is C19H30IN5S. The van der Waals surface area contributed by atoms with Crippen LogP contribution in [0.25, 0.3) is 0 Å². The maximum atomic E-state index is 4.56. The molecule has 0 aliphatic heterocycles. The highest BCUT2D eigenvalue weighted by molar-refractivity contribution is 14.0. The Balaban J connectivity index is 0.00000338. The molecule has 2 aromatic rings. The lowest BCUT2D eigenvalue weighted by Gasteiger charge is -2.19. The molecular weight excluding hydrogens is 457 g/mol. The molecule has 0 radical (unpaired) electrons. The van der Waals surface area contributed by atoms with E-state index in [-0.39, 0.29) is 24.0 Å². The van der Waals surface area contributed by atoms with Gasteiger partial charge in [0.2, 0.25) is 0 Å². The van der Waals surface area contributed by atoms with Crippen molar-refractivity contribution in [2.45, 2.75) is 40.3 Å². The van der Waals surface area contributed by atoms with Gasteiger partial charge in [-0.05, 0) is 44.0 Å². The van der Waals surface area contributed by atoms with E-state index in [4.69, 9.17) is 0 Å². The summed E-state index contributed by atoms with van der Waals surface area (Å²) < 4.78 is 0. The van der Waals surface area contributed by atoms with Gasteiger partial charge in [-0.3, -0.25) is 4.99 Å². The van der Waals surface area contributed by atoms with Gasteiger partial charge in [0.05, 0.1) is 6.54 Å². The second kappa shape index (κ2) is 12.1. The van der Waals surface area contributed by atoms with E-state index in [1.807, 2.05) is 17.5 Å². The van der Waals surface area contributed by atoms with Crippen LogP contribution >= 0.6 is 35.3 Å². The van der Waals surface area contributed by atoms with Crippen LogP contribution in [0.3, 0.4) is 0 Å². The van der Waals surface area contributed by atoms with Crippen molar-refractivity contribution in [3.63, 3.8) is 0 Å². The van der Waals surface area contributed by atoms with Crippen molar-refractivity contribution in [3.05, 3.63) is 45.8 Å². The molecule has 0 spiro atoms. The molecule has 0 aliphatic rings. The maximum Gasteiger partial charge on any atom is 0.191 e. The molecule has 5 nitrogen and oxygen atoms in total. The Kier molecular flexibility index (Phi) is 10.6. The molecule has 0 fully saturated rings. The molecule has 0 saturated carbocycles. The lowest BCUT2D eigenvalue weighted by Crippen LogP contribution is -2.36. The largest absolute Gasteiger partial charge is 0.357 e. The number of hydrogen-bond acceptors (Lipinski definition) is 4. The number of nitrogens with zero attached hydrogens (tertiary/aromatic N) is 3. The lowest BCUT2D eigenvalue weighted by atomic mass is 10.2. The number of anilines is 1. The molecule has 0 unspecified atom stereocenters. The summed E-state index contributed by atoms with van der Waals surface area (Å²) in [5, 5.41) is 6.71. The van der Waals surface area contributed by atoms with E-state index in [2.05, 4.69) is 70.5 Å². The number of thiophene rings is 1. The van der Waals surface area contributed by atoms with E-state index in [1.165, 1.54) is 9.75 Å². The molecule has 2 rings (SSSR count). The number of aliphatic imine (C=N–C) groups is 1. The maximum absolute atomic E-state index is 4.56. The van der Waals surface area contributed by atoms with Crippen molar-refractivity contribution >= 4 is 47.1 Å². The topological polar surface area (TPSA) is 52.6 Å². The summed E-state index contributed by atoms with van der Waals surface area (Å²) in [6.45, 7) is 9.92. The Hall–Kier alpha value is -1.35. The van der Waals surface area contributed by atoms with Crippen molar-refractivity contribution in [2.24, 2.45) is 4.99 Å². The molecule has 0 amide bonds. The number of halogens is 1. The van der Waals surface area contributed by atoms with Gasteiger partial charge in [0, 0.05) is 42.6 Å². The van der Waals surface area contributed by atoms with Crippen LogP contribution in [0.4, 0.5) is 5.82 Å². The zero-order chi connectivity index (χ0) is 18.1. The van der Waals surface area contributed by atoms with E-state index in [0.29, 0.717) is 6.54 Å². The number of aryl methyl sites for hydroxylation is 1. The zero-order valence-electron chi connectivity index (χ0n) is 16.1. The molecule has 0 atom stereocenters. The highest BCUT2D eigenvalue weighted by Gasteiger charge is 2.04. The van der Waals surface area contributed by atoms with Gasteiger partial charge >= 0.3 is 0 Å². The van der Waals surface area contributed by atoms with Gasteiger partial charge in [-0.25, -0.2) is 4.98 Å². The smallest absolute Gasteiger partial charge is 0.191 e. The number of pyridine rings is 1. The summed E-state index contributed by atoms with van der Waals surface area (Å²) in [5.74, 6) is 1.83. The quantitative estimate of drug-likeness (QED) is 0.336. The fraction of sp³-hybridized carbons (Fsp3) is 0.474. The van der Waals surface area contributed by atoms with Crippen LogP contribution in [0.5, 0.6) is 0 Å². The first-order chi connectivity index (χ1) is 12.2. The third-order valence-electron chi connectivity index (χ3n) is 4.08. The minimum atomic E-state index is 0. The Morgan fingerprint density at radius 2 is 1.73 bits per heavy atom. The van der Waals surface area contributed by atoms with Gasteiger partial charge in [0.15, 0.2) is 5.96 Å². The van der Waals surface area contributed by atoms with Gasteiger partial charge in [-0.15, -0.1) is 35.3 Å². The van der Waals surface area contributed by atoms with Crippen molar-refractivity contribution in [2.75, 3.05) is 25.0 Å². The van der Waals surface area contributed by atoms with Crippen LogP contribution in [0.1, 0.15) is 36.1 Å². The van der Waals surface area contributed by atoms with Crippen molar-refractivity contribution in [1.82, 2.24) is 15.6 Å². The molecule has 2 N–H and O–H groups in total. The summed E-state index contributed by atoms with van der Waals surface area (Å²) >= 11 is 1.85.